The average Bonchev–Trinajstić information content (AvgIpc) is 3.05. The SMILES string of the molecule is CO.C[C-](C)C.[Cl][Ti][Cl].[c-]1ccccc1C1c2ccccc2-c2ccccc21. The van der Waals surface area contributed by atoms with Gasteiger partial charge in [-0.1, -0.05) is 48.5 Å². The zero-order chi connectivity index (χ0) is 20.9. The number of hydrogen-bond donors (Lipinski definition) is 1. The fraction of sp³-hybridized carbons (Fsp3) is 0.208. The molecule has 0 heterocycles. The van der Waals surface area contributed by atoms with Crippen molar-refractivity contribution in [3.05, 3.63) is 101 Å². The standard InChI is InChI=1S/C19H13.C4H9.CH4O.2ClH.Ti/c1-2-8-14(9-3-1)19-17-12-6-4-10-15(17)16-11-5-7-13-18(16)19;1-4(2)3;1-2;;;/h1-8,10-13,19H;1-3H3;2H,1H3;2*1H;/q2*-1;;;;+2/p-2. The molecule has 1 aliphatic rings. The first-order chi connectivity index (χ1) is 13.6. The zero-order valence-corrected chi connectivity index (χ0v) is 19.8. The molecule has 0 amide bonds. The summed E-state index contributed by atoms with van der Waals surface area (Å²) in [5.74, 6) is 1.74. The van der Waals surface area contributed by atoms with E-state index in [1.807, 2.05) is 12.1 Å². The first-order valence-corrected chi connectivity index (χ1v) is 13.2. The van der Waals surface area contributed by atoms with Crippen LogP contribution in [0.4, 0.5) is 0 Å². The van der Waals surface area contributed by atoms with Crippen molar-refractivity contribution >= 4 is 18.6 Å². The van der Waals surface area contributed by atoms with Crippen LogP contribution in [0.25, 0.3) is 11.1 Å². The third kappa shape index (κ3) is 7.06. The summed E-state index contributed by atoms with van der Waals surface area (Å²) in [6, 6.07) is 29.1. The van der Waals surface area contributed by atoms with Crippen molar-refractivity contribution in [2.75, 3.05) is 7.11 Å². The minimum atomic E-state index is -0.556. The average molecular weight is 449 g/mol. The van der Waals surface area contributed by atoms with Gasteiger partial charge in [-0.05, 0) is 22.3 Å². The molecule has 0 bridgehead atoms. The quantitative estimate of drug-likeness (QED) is 0.240. The molecule has 0 saturated carbocycles. The molecule has 0 saturated heterocycles. The fourth-order valence-corrected chi connectivity index (χ4v) is 3.08. The molecule has 0 radical (unpaired) electrons. The number of aliphatic hydroxyl groups is 1. The van der Waals surface area contributed by atoms with Crippen LogP contribution in [0.1, 0.15) is 43.4 Å². The molecule has 0 fully saturated rings. The number of rotatable bonds is 1. The van der Waals surface area contributed by atoms with Crippen molar-refractivity contribution in [1.82, 2.24) is 0 Å². The molecule has 0 aromatic heterocycles. The summed E-state index contributed by atoms with van der Waals surface area (Å²) in [6.45, 7) is 6.25. The summed E-state index contributed by atoms with van der Waals surface area (Å²) >= 11 is -0.556. The maximum Gasteiger partial charge on any atom is 0.0127 e. The Hall–Kier alpha value is -1.09. The Morgan fingerprint density at radius 2 is 1.18 bits per heavy atom. The topological polar surface area (TPSA) is 20.2 Å². The Labute approximate surface area is 186 Å². The molecule has 3 aromatic carbocycles. The van der Waals surface area contributed by atoms with Gasteiger partial charge in [0.1, 0.15) is 0 Å². The molecule has 0 spiro atoms. The van der Waals surface area contributed by atoms with E-state index < -0.39 is 17.0 Å². The van der Waals surface area contributed by atoms with E-state index in [4.69, 9.17) is 23.7 Å². The van der Waals surface area contributed by atoms with Gasteiger partial charge in [-0.3, -0.25) is 0 Å². The van der Waals surface area contributed by atoms with Crippen molar-refractivity contribution in [3.63, 3.8) is 0 Å². The second-order valence-electron chi connectivity index (χ2n) is 6.50. The van der Waals surface area contributed by atoms with Crippen LogP contribution >= 0.6 is 18.6 Å². The molecule has 148 valence electrons. The number of benzene rings is 3. The van der Waals surface area contributed by atoms with Gasteiger partial charge < -0.3 is 11.0 Å². The van der Waals surface area contributed by atoms with Crippen LogP contribution < -0.4 is 0 Å². The van der Waals surface area contributed by atoms with Gasteiger partial charge in [-0.15, -0.1) is 0 Å². The van der Waals surface area contributed by atoms with Crippen LogP contribution in [-0.4, -0.2) is 12.2 Å². The Morgan fingerprint density at radius 1 is 0.786 bits per heavy atom. The van der Waals surface area contributed by atoms with E-state index in [2.05, 4.69) is 87.5 Å². The predicted octanol–water partition coefficient (Wildman–Crippen LogP) is 7.25. The Morgan fingerprint density at radius 3 is 1.57 bits per heavy atom. The summed E-state index contributed by atoms with van der Waals surface area (Å²) in [4.78, 5) is 0. The maximum atomic E-state index is 7.00. The van der Waals surface area contributed by atoms with E-state index in [0.717, 1.165) is 7.11 Å². The monoisotopic (exact) mass is 448 g/mol. The van der Waals surface area contributed by atoms with Gasteiger partial charge >= 0.3 is 35.6 Å². The minimum absolute atomic E-state index is 0.327. The third-order valence-corrected chi connectivity index (χ3v) is 3.88. The van der Waals surface area contributed by atoms with E-state index in [1.165, 1.54) is 33.7 Å². The van der Waals surface area contributed by atoms with Gasteiger partial charge in [-0.25, -0.2) is 0 Å². The van der Waals surface area contributed by atoms with Gasteiger partial charge in [0.15, 0.2) is 0 Å². The van der Waals surface area contributed by atoms with Gasteiger partial charge in [0.25, 0.3) is 0 Å². The normalized spacial score (nSPS) is 10.9. The molecule has 0 unspecified atom stereocenters. The second-order valence-corrected chi connectivity index (χ2v) is 9.08. The Balaban J connectivity index is 0.000000376. The summed E-state index contributed by atoms with van der Waals surface area (Å²) in [5.41, 5.74) is 6.76. The van der Waals surface area contributed by atoms with Gasteiger partial charge in [0.2, 0.25) is 0 Å². The maximum absolute atomic E-state index is 7.00. The summed E-state index contributed by atoms with van der Waals surface area (Å²) in [6.07, 6.45) is 0. The third-order valence-electron chi connectivity index (χ3n) is 3.88. The van der Waals surface area contributed by atoms with Crippen molar-refractivity contribution in [3.8, 4) is 11.1 Å². The van der Waals surface area contributed by atoms with E-state index in [9.17, 15) is 0 Å². The molecule has 28 heavy (non-hydrogen) atoms. The van der Waals surface area contributed by atoms with Gasteiger partial charge in [-0.2, -0.15) is 56.7 Å². The van der Waals surface area contributed by atoms with Crippen LogP contribution in [0.5, 0.6) is 0 Å². The van der Waals surface area contributed by atoms with E-state index in [1.54, 1.807) is 0 Å². The summed E-state index contributed by atoms with van der Waals surface area (Å²) in [7, 11) is 10.8. The van der Waals surface area contributed by atoms with Crippen LogP contribution in [0.2, 0.25) is 0 Å². The molecule has 1 N–H and O–H groups in total. The number of aliphatic hydroxyl groups excluding tert-OH is 1. The molecular formula is C24H26Cl2OTi-2. The molecule has 4 heteroatoms. The molecule has 0 aliphatic heterocycles. The first-order valence-electron chi connectivity index (χ1n) is 8.92. The smallest absolute Gasteiger partial charge is 0.0127 e. The predicted molar refractivity (Wildman–Crippen MR) is 118 cm³/mol. The number of hydrogen-bond acceptors (Lipinski definition) is 1. The molecule has 0 atom stereocenters. The van der Waals surface area contributed by atoms with Crippen LogP contribution in [0.3, 0.4) is 0 Å². The van der Waals surface area contributed by atoms with Crippen molar-refractivity contribution in [2.45, 2.75) is 26.7 Å². The Bertz CT molecular complexity index is 758. The minimum Gasteiger partial charge on any atom is -0.179 e. The largest absolute Gasteiger partial charge is 0.179 e. The summed E-state index contributed by atoms with van der Waals surface area (Å²) in [5, 5.41) is 7.00. The van der Waals surface area contributed by atoms with Crippen LogP contribution in [-0.2, 0) is 17.0 Å². The molecular weight excluding hydrogens is 423 g/mol. The molecule has 3 aromatic rings. The number of fused-ring (bicyclic) bond motifs is 3. The van der Waals surface area contributed by atoms with Gasteiger partial charge in [0, 0.05) is 13.0 Å². The van der Waals surface area contributed by atoms with Gasteiger partial charge in [0.05, 0.1) is 0 Å². The van der Waals surface area contributed by atoms with Crippen molar-refractivity contribution < 1.29 is 22.1 Å². The first kappa shape index (κ1) is 25.0. The van der Waals surface area contributed by atoms with Crippen molar-refractivity contribution in [1.29, 1.82) is 0 Å². The number of halogens is 2. The van der Waals surface area contributed by atoms with Crippen LogP contribution in [0.15, 0.2) is 72.8 Å². The van der Waals surface area contributed by atoms with Crippen molar-refractivity contribution in [2.24, 2.45) is 0 Å². The van der Waals surface area contributed by atoms with E-state index in [-0.39, 0.29) is 0 Å². The molecule has 4 rings (SSSR count). The van der Waals surface area contributed by atoms with Crippen LogP contribution in [0, 0.1) is 12.0 Å². The summed E-state index contributed by atoms with van der Waals surface area (Å²) < 4.78 is 0. The second kappa shape index (κ2) is 14.0. The fourth-order valence-electron chi connectivity index (χ4n) is 3.08. The molecule has 1 aliphatic carbocycles. The van der Waals surface area contributed by atoms with E-state index >= 15 is 0 Å². The zero-order valence-electron chi connectivity index (χ0n) is 16.7. The van der Waals surface area contributed by atoms with E-state index in [0.29, 0.717) is 5.92 Å². The molecule has 1 nitrogen and oxygen atoms in total. The Kier molecular flexibility index (Phi) is 12.5.